The molecule has 0 saturated heterocycles. The molecule has 0 aliphatic heterocycles. The van der Waals surface area contributed by atoms with Crippen molar-refractivity contribution >= 4 is 10.9 Å². The summed E-state index contributed by atoms with van der Waals surface area (Å²) in [6.07, 6.45) is 11.1. The molecule has 104 valence electrons. The van der Waals surface area contributed by atoms with E-state index >= 15 is 0 Å². The number of aromatic nitrogens is 1. The highest BCUT2D eigenvalue weighted by Gasteiger charge is 2.02. The Hall–Kier alpha value is -1.24. The third-order valence-corrected chi connectivity index (χ3v) is 4.08. The molecule has 1 aliphatic rings. The molecule has 1 aliphatic carbocycles. The van der Waals surface area contributed by atoms with Crippen LogP contribution in [-0.2, 0) is 7.05 Å². The third kappa shape index (κ3) is 3.86. The average molecular weight is 257 g/mol. The highest BCUT2D eigenvalue weighted by atomic mass is 14.9. The molecule has 1 aromatic carbocycles. The maximum Gasteiger partial charge on any atom is 0.0477 e. The Morgan fingerprint density at radius 1 is 0.895 bits per heavy atom. The average Bonchev–Trinajstić information content (AvgIpc) is 2.82. The van der Waals surface area contributed by atoms with Crippen molar-refractivity contribution in [2.24, 2.45) is 7.05 Å². The summed E-state index contributed by atoms with van der Waals surface area (Å²) < 4.78 is 2.15. The van der Waals surface area contributed by atoms with Gasteiger partial charge in [-0.25, -0.2) is 0 Å². The van der Waals surface area contributed by atoms with E-state index in [1.54, 1.807) is 0 Å². The van der Waals surface area contributed by atoms with Gasteiger partial charge in [-0.1, -0.05) is 58.4 Å². The normalized spacial score (nSPS) is 15.4. The van der Waals surface area contributed by atoms with Crippen LogP contribution >= 0.6 is 0 Å². The summed E-state index contributed by atoms with van der Waals surface area (Å²) in [5, 5.41) is 1.34. The van der Waals surface area contributed by atoms with Crippen LogP contribution < -0.4 is 0 Å². The van der Waals surface area contributed by atoms with Crippen LogP contribution in [0.1, 0.15) is 63.9 Å². The Morgan fingerprint density at radius 3 is 2.00 bits per heavy atom. The molecule has 19 heavy (non-hydrogen) atoms. The molecule has 1 nitrogen and oxygen atoms in total. The zero-order valence-corrected chi connectivity index (χ0v) is 12.7. The van der Waals surface area contributed by atoms with Gasteiger partial charge in [-0.05, 0) is 35.1 Å². The molecule has 1 heterocycles. The summed E-state index contributed by atoms with van der Waals surface area (Å²) in [6.45, 7) is 4.45. The minimum atomic E-state index is 0.615. The second-order valence-corrected chi connectivity index (χ2v) is 6.02. The van der Waals surface area contributed by atoms with Crippen molar-refractivity contribution < 1.29 is 0 Å². The molecular formula is C18H27N. The van der Waals surface area contributed by atoms with Gasteiger partial charge in [0, 0.05) is 18.8 Å². The fourth-order valence-corrected chi connectivity index (χ4v) is 2.72. The summed E-state index contributed by atoms with van der Waals surface area (Å²) in [5.41, 5.74) is 2.73. The van der Waals surface area contributed by atoms with Crippen LogP contribution in [0.3, 0.4) is 0 Å². The number of benzene rings is 1. The predicted octanol–water partition coefficient (Wildman–Crippen LogP) is 5.64. The first kappa shape index (κ1) is 14.2. The van der Waals surface area contributed by atoms with Gasteiger partial charge in [0.2, 0.25) is 0 Å². The molecule has 1 saturated carbocycles. The van der Waals surface area contributed by atoms with Crippen LogP contribution in [0.4, 0.5) is 0 Å². The van der Waals surface area contributed by atoms with E-state index in [0.29, 0.717) is 5.92 Å². The molecule has 1 fully saturated rings. The minimum Gasteiger partial charge on any atom is -0.351 e. The molecule has 0 amide bonds. The molecule has 0 radical (unpaired) electrons. The summed E-state index contributed by atoms with van der Waals surface area (Å²) in [4.78, 5) is 0. The Labute approximate surface area is 117 Å². The molecule has 0 N–H and O–H groups in total. The smallest absolute Gasteiger partial charge is 0.0477 e. The van der Waals surface area contributed by atoms with E-state index in [4.69, 9.17) is 0 Å². The van der Waals surface area contributed by atoms with Crippen molar-refractivity contribution in [2.45, 2.75) is 58.3 Å². The lowest BCUT2D eigenvalue weighted by molar-refractivity contribution is 0.504. The second-order valence-electron chi connectivity index (χ2n) is 6.02. The van der Waals surface area contributed by atoms with Crippen LogP contribution in [0.15, 0.2) is 30.5 Å². The van der Waals surface area contributed by atoms with Gasteiger partial charge in [-0.15, -0.1) is 0 Å². The number of hydrogen-bond donors (Lipinski definition) is 0. The summed E-state index contributed by atoms with van der Waals surface area (Å²) in [5.74, 6) is 0.615. The van der Waals surface area contributed by atoms with Gasteiger partial charge in [0.25, 0.3) is 0 Å². The van der Waals surface area contributed by atoms with Gasteiger partial charge < -0.3 is 4.57 Å². The van der Waals surface area contributed by atoms with Gasteiger partial charge in [0.15, 0.2) is 0 Å². The first-order valence-corrected chi connectivity index (χ1v) is 7.73. The van der Waals surface area contributed by atoms with Crippen molar-refractivity contribution in [2.75, 3.05) is 0 Å². The number of aryl methyl sites for hydroxylation is 1. The second kappa shape index (κ2) is 6.79. The van der Waals surface area contributed by atoms with E-state index in [1.807, 2.05) is 0 Å². The predicted molar refractivity (Wildman–Crippen MR) is 84.7 cm³/mol. The van der Waals surface area contributed by atoms with Crippen molar-refractivity contribution in [3.05, 3.63) is 36.0 Å². The molecule has 1 heteroatoms. The van der Waals surface area contributed by atoms with Gasteiger partial charge in [0.05, 0.1) is 0 Å². The Bertz CT molecular complexity index is 492. The first-order valence-electron chi connectivity index (χ1n) is 7.73. The Balaban J connectivity index is 0.000000186. The fraction of sp³-hybridized carbons (Fsp3) is 0.556. The highest BCUT2D eigenvalue weighted by Crippen LogP contribution is 2.21. The van der Waals surface area contributed by atoms with E-state index in [0.717, 1.165) is 0 Å². The third-order valence-electron chi connectivity index (χ3n) is 4.08. The maximum absolute atomic E-state index is 2.28. The van der Waals surface area contributed by atoms with E-state index in [1.165, 1.54) is 55.0 Å². The van der Waals surface area contributed by atoms with Crippen LogP contribution in [-0.4, -0.2) is 4.57 Å². The molecule has 0 bridgehead atoms. The summed E-state index contributed by atoms with van der Waals surface area (Å²) in [6, 6.07) is 8.86. The highest BCUT2D eigenvalue weighted by molar-refractivity contribution is 5.80. The van der Waals surface area contributed by atoms with Crippen LogP contribution in [0.5, 0.6) is 0 Å². The van der Waals surface area contributed by atoms with Crippen LogP contribution in [0.2, 0.25) is 0 Å². The SMILES string of the molecule is C1CCCCC1.CC(C)c1ccc2c(ccn2C)c1. The Kier molecular flexibility index (Phi) is 5.07. The molecule has 3 rings (SSSR count). The van der Waals surface area contributed by atoms with Crippen molar-refractivity contribution in [3.63, 3.8) is 0 Å². The lowest BCUT2D eigenvalue weighted by Crippen LogP contribution is -1.88. The summed E-state index contributed by atoms with van der Waals surface area (Å²) in [7, 11) is 2.08. The number of hydrogen-bond acceptors (Lipinski definition) is 0. The molecular weight excluding hydrogens is 230 g/mol. The summed E-state index contributed by atoms with van der Waals surface area (Å²) >= 11 is 0. The van der Waals surface area contributed by atoms with Gasteiger partial charge in [-0.2, -0.15) is 0 Å². The fourth-order valence-electron chi connectivity index (χ4n) is 2.72. The maximum atomic E-state index is 2.28. The minimum absolute atomic E-state index is 0.615. The zero-order valence-electron chi connectivity index (χ0n) is 12.7. The van der Waals surface area contributed by atoms with Gasteiger partial charge in [0.1, 0.15) is 0 Å². The van der Waals surface area contributed by atoms with Crippen molar-refractivity contribution in [1.29, 1.82) is 0 Å². The van der Waals surface area contributed by atoms with Gasteiger partial charge in [-0.3, -0.25) is 0 Å². The molecule has 0 spiro atoms. The standard InChI is InChI=1S/C12H15N.C6H12/c1-9(2)10-4-5-12-11(8-10)6-7-13(12)3;1-2-4-6-5-3-1/h4-9H,1-3H3;1-6H2. The zero-order chi connectivity index (χ0) is 13.7. The van der Waals surface area contributed by atoms with Crippen LogP contribution in [0.25, 0.3) is 10.9 Å². The van der Waals surface area contributed by atoms with E-state index in [-0.39, 0.29) is 0 Å². The Morgan fingerprint density at radius 2 is 1.47 bits per heavy atom. The number of nitrogens with zero attached hydrogens (tertiary/aromatic N) is 1. The topological polar surface area (TPSA) is 4.93 Å². The largest absolute Gasteiger partial charge is 0.351 e. The van der Waals surface area contributed by atoms with E-state index in [2.05, 4.69) is 55.9 Å². The number of fused-ring (bicyclic) bond motifs is 1. The number of rotatable bonds is 1. The molecule has 1 aromatic heterocycles. The quantitative estimate of drug-likeness (QED) is 0.623. The van der Waals surface area contributed by atoms with Crippen LogP contribution in [0, 0.1) is 0 Å². The van der Waals surface area contributed by atoms with Crippen molar-refractivity contribution in [1.82, 2.24) is 4.57 Å². The van der Waals surface area contributed by atoms with E-state index < -0.39 is 0 Å². The van der Waals surface area contributed by atoms with E-state index in [9.17, 15) is 0 Å². The molecule has 0 unspecified atom stereocenters. The molecule has 0 atom stereocenters. The first-order chi connectivity index (χ1) is 9.18. The monoisotopic (exact) mass is 257 g/mol. The van der Waals surface area contributed by atoms with Gasteiger partial charge >= 0.3 is 0 Å². The molecule has 2 aromatic rings. The lowest BCUT2D eigenvalue weighted by Gasteiger charge is -2.05. The van der Waals surface area contributed by atoms with Crippen molar-refractivity contribution in [3.8, 4) is 0 Å². The lowest BCUT2D eigenvalue weighted by atomic mass is 10.0.